The number of hydrogen-bond acceptors (Lipinski definition) is 5. The van der Waals surface area contributed by atoms with Crippen LogP contribution in [0.1, 0.15) is 27.2 Å². The van der Waals surface area contributed by atoms with Gasteiger partial charge in [-0.15, -0.1) is 0 Å². The molecule has 1 aromatic carbocycles. The lowest BCUT2D eigenvalue weighted by Crippen LogP contribution is -2.30. The first-order valence-corrected chi connectivity index (χ1v) is 9.96. The summed E-state index contributed by atoms with van der Waals surface area (Å²) in [4.78, 5) is 23.7. The largest absolute Gasteiger partial charge is 0.444 e. The van der Waals surface area contributed by atoms with Crippen molar-refractivity contribution >= 4 is 48.5 Å². The molecule has 0 saturated carbocycles. The number of anilines is 1. The van der Waals surface area contributed by atoms with Gasteiger partial charge < -0.3 is 4.42 Å². The summed E-state index contributed by atoms with van der Waals surface area (Å²) >= 11 is 4.76. The highest BCUT2D eigenvalue weighted by Crippen LogP contribution is 2.33. The first kappa shape index (κ1) is 17.9. The van der Waals surface area contributed by atoms with Gasteiger partial charge in [0.15, 0.2) is 15.6 Å². The normalized spacial score (nSPS) is 11.1. The van der Waals surface area contributed by atoms with Crippen molar-refractivity contribution in [3.63, 3.8) is 0 Å². The van der Waals surface area contributed by atoms with Crippen molar-refractivity contribution in [3.8, 4) is 0 Å². The van der Waals surface area contributed by atoms with Crippen molar-refractivity contribution in [3.05, 3.63) is 75.9 Å². The number of carbonyl (C=O) groups is 1. The van der Waals surface area contributed by atoms with Crippen LogP contribution in [0.4, 0.5) is 5.13 Å². The molecule has 0 aliphatic heterocycles. The van der Waals surface area contributed by atoms with E-state index < -0.39 is 0 Å². The van der Waals surface area contributed by atoms with Crippen LogP contribution in [0.5, 0.6) is 0 Å². The van der Waals surface area contributed by atoms with Crippen LogP contribution < -0.4 is 4.90 Å². The maximum absolute atomic E-state index is 13.1. The standard InChI is InChI=1S/C20H16BrN3O2S/c1-12-8-13(2)18-16(9-12)27-20(23-18)24(11-14-4-3-7-22-10-14)19(25)15-5-6-17(21)26-15/h3-10H,11H2,1-2H3. The van der Waals surface area contributed by atoms with E-state index in [-0.39, 0.29) is 11.7 Å². The average molecular weight is 442 g/mol. The number of halogens is 1. The number of aromatic nitrogens is 2. The Labute approximate surface area is 168 Å². The molecule has 0 saturated heterocycles. The maximum atomic E-state index is 13.1. The molecule has 136 valence electrons. The van der Waals surface area contributed by atoms with Gasteiger partial charge in [0.25, 0.3) is 5.91 Å². The lowest BCUT2D eigenvalue weighted by molar-refractivity contribution is 0.0957. The fraction of sp³-hybridized carbons (Fsp3) is 0.150. The third-order valence-electron chi connectivity index (χ3n) is 4.14. The quantitative estimate of drug-likeness (QED) is 0.418. The van der Waals surface area contributed by atoms with Crippen molar-refractivity contribution in [2.24, 2.45) is 0 Å². The van der Waals surface area contributed by atoms with Crippen molar-refractivity contribution in [2.75, 3.05) is 4.90 Å². The van der Waals surface area contributed by atoms with E-state index in [1.165, 1.54) is 16.9 Å². The smallest absolute Gasteiger partial charge is 0.296 e. The van der Waals surface area contributed by atoms with Gasteiger partial charge in [0.05, 0.1) is 16.8 Å². The second-order valence-electron chi connectivity index (χ2n) is 6.28. The predicted molar refractivity (Wildman–Crippen MR) is 110 cm³/mol. The second-order valence-corrected chi connectivity index (χ2v) is 8.07. The van der Waals surface area contributed by atoms with Gasteiger partial charge in [0.2, 0.25) is 0 Å². The summed E-state index contributed by atoms with van der Waals surface area (Å²) in [6.45, 7) is 4.46. The van der Waals surface area contributed by atoms with E-state index >= 15 is 0 Å². The minimum absolute atomic E-state index is 0.238. The van der Waals surface area contributed by atoms with Crippen LogP contribution in [-0.2, 0) is 6.54 Å². The third kappa shape index (κ3) is 3.65. The summed E-state index contributed by atoms with van der Waals surface area (Å²) < 4.78 is 7.07. The molecule has 0 radical (unpaired) electrons. The van der Waals surface area contributed by atoms with Gasteiger partial charge in [-0.3, -0.25) is 14.7 Å². The fourth-order valence-corrected chi connectivity index (χ4v) is 4.38. The van der Waals surface area contributed by atoms with Crippen LogP contribution in [0.25, 0.3) is 10.2 Å². The molecule has 4 aromatic rings. The summed E-state index contributed by atoms with van der Waals surface area (Å²) in [5.74, 6) is 0.0240. The number of carbonyl (C=O) groups excluding carboxylic acids is 1. The first-order chi connectivity index (χ1) is 13.0. The number of aryl methyl sites for hydroxylation is 2. The molecule has 4 rings (SSSR count). The molecule has 0 aliphatic rings. The summed E-state index contributed by atoms with van der Waals surface area (Å²) in [6.07, 6.45) is 3.46. The monoisotopic (exact) mass is 441 g/mol. The predicted octanol–water partition coefficient (Wildman–Crippen LogP) is 5.51. The van der Waals surface area contributed by atoms with E-state index in [1.807, 2.05) is 19.1 Å². The molecule has 0 N–H and O–H groups in total. The van der Waals surface area contributed by atoms with E-state index in [1.54, 1.807) is 29.4 Å². The molecular formula is C20H16BrN3O2S. The van der Waals surface area contributed by atoms with Crippen molar-refractivity contribution < 1.29 is 9.21 Å². The van der Waals surface area contributed by atoms with Gasteiger partial charge >= 0.3 is 0 Å². The lowest BCUT2D eigenvalue weighted by atomic mass is 10.1. The Kier molecular flexibility index (Phi) is 4.80. The molecule has 5 nitrogen and oxygen atoms in total. The van der Waals surface area contributed by atoms with Crippen molar-refractivity contribution in [2.45, 2.75) is 20.4 Å². The van der Waals surface area contributed by atoms with E-state index in [4.69, 9.17) is 9.40 Å². The zero-order valence-corrected chi connectivity index (χ0v) is 17.2. The van der Waals surface area contributed by atoms with Gasteiger partial charge in [-0.1, -0.05) is 23.5 Å². The number of pyridine rings is 1. The van der Waals surface area contributed by atoms with E-state index in [2.05, 4.69) is 40.0 Å². The molecule has 1 amide bonds. The molecule has 0 unspecified atom stereocenters. The second kappa shape index (κ2) is 7.25. The minimum Gasteiger partial charge on any atom is -0.444 e. The molecule has 7 heteroatoms. The number of amides is 1. The van der Waals surface area contributed by atoms with Crippen LogP contribution in [-0.4, -0.2) is 15.9 Å². The zero-order valence-electron chi connectivity index (χ0n) is 14.8. The Morgan fingerprint density at radius 1 is 1.26 bits per heavy atom. The maximum Gasteiger partial charge on any atom is 0.296 e. The zero-order chi connectivity index (χ0) is 19.0. The summed E-state index contributed by atoms with van der Waals surface area (Å²) in [6, 6.07) is 11.4. The topological polar surface area (TPSA) is 59.2 Å². The highest BCUT2D eigenvalue weighted by Gasteiger charge is 2.24. The Morgan fingerprint density at radius 2 is 2.11 bits per heavy atom. The van der Waals surface area contributed by atoms with Crippen molar-refractivity contribution in [1.29, 1.82) is 0 Å². The lowest BCUT2D eigenvalue weighted by Gasteiger charge is -2.18. The minimum atomic E-state index is -0.238. The van der Waals surface area contributed by atoms with Gasteiger partial charge in [-0.05, 0) is 70.7 Å². The Balaban J connectivity index is 1.79. The number of hydrogen-bond donors (Lipinski definition) is 0. The summed E-state index contributed by atoms with van der Waals surface area (Å²) in [7, 11) is 0. The number of rotatable bonds is 4. The van der Waals surface area contributed by atoms with E-state index in [9.17, 15) is 4.79 Å². The molecule has 3 aromatic heterocycles. The van der Waals surface area contributed by atoms with E-state index in [0.29, 0.717) is 16.3 Å². The van der Waals surface area contributed by atoms with Crippen LogP contribution in [0.15, 0.2) is 57.9 Å². The van der Waals surface area contributed by atoms with E-state index in [0.717, 1.165) is 21.3 Å². The Bertz CT molecular complexity index is 1120. The number of fused-ring (bicyclic) bond motifs is 1. The van der Waals surface area contributed by atoms with Gasteiger partial charge in [0, 0.05) is 12.4 Å². The molecule has 0 fully saturated rings. The number of benzene rings is 1. The average Bonchev–Trinajstić information content (AvgIpc) is 3.26. The summed E-state index contributed by atoms with van der Waals surface area (Å²) in [5, 5.41) is 0.639. The number of furan rings is 1. The molecular weight excluding hydrogens is 426 g/mol. The van der Waals surface area contributed by atoms with Gasteiger partial charge in [0.1, 0.15) is 0 Å². The van der Waals surface area contributed by atoms with Crippen LogP contribution >= 0.6 is 27.3 Å². The molecule has 0 aliphatic carbocycles. The fourth-order valence-electron chi connectivity index (χ4n) is 2.94. The molecule has 0 bridgehead atoms. The molecule has 0 spiro atoms. The summed E-state index contributed by atoms with van der Waals surface area (Å²) in [5.41, 5.74) is 4.12. The molecule has 0 atom stereocenters. The van der Waals surface area contributed by atoms with Crippen molar-refractivity contribution in [1.82, 2.24) is 9.97 Å². The van der Waals surface area contributed by atoms with Gasteiger partial charge in [-0.25, -0.2) is 4.98 Å². The molecule has 3 heterocycles. The third-order valence-corrected chi connectivity index (χ3v) is 5.59. The number of thiazole rings is 1. The van der Waals surface area contributed by atoms with Gasteiger partial charge in [-0.2, -0.15) is 0 Å². The SMILES string of the molecule is Cc1cc(C)c2nc(N(Cc3cccnc3)C(=O)c3ccc(Br)o3)sc2c1. The highest BCUT2D eigenvalue weighted by atomic mass is 79.9. The Morgan fingerprint density at radius 3 is 2.81 bits per heavy atom. The molecule has 27 heavy (non-hydrogen) atoms. The Hall–Kier alpha value is -2.51. The van der Waals surface area contributed by atoms with Crippen LogP contribution in [0, 0.1) is 13.8 Å². The van der Waals surface area contributed by atoms with Crippen LogP contribution in [0.2, 0.25) is 0 Å². The number of nitrogens with zero attached hydrogens (tertiary/aromatic N) is 3. The highest BCUT2D eigenvalue weighted by molar-refractivity contribution is 9.10. The first-order valence-electron chi connectivity index (χ1n) is 8.35. The van der Waals surface area contributed by atoms with Crippen LogP contribution in [0.3, 0.4) is 0 Å².